The molecule has 0 saturated carbocycles. The molecule has 0 radical (unpaired) electrons. The number of methoxy groups -OCH3 is 1. The van der Waals surface area contributed by atoms with Crippen molar-refractivity contribution in [2.24, 2.45) is 5.73 Å². The molecule has 0 spiro atoms. The standard InChI is InChI=1S/C12H16N4O2/c1-17-11-5-4-9(8-14-11)7-10-15-12(18-16-10)3-2-6-13/h4-5,8H,2-3,6-7,13H2,1H3. The molecule has 2 N–H and O–H groups in total. The Morgan fingerprint density at radius 3 is 2.94 bits per heavy atom. The van der Waals surface area contributed by atoms with Crippen LogP contribution in [-0.4, -0.2) is 28.8 Å². The molecule has 2 aromatic heterocycles. The van der Waals surface area contributed by atoms with Gasteiger partial charge in [0.2, 0.25) is 11.8 Å². The van der Waals surface area contributed by atoms with Crippen LogP contribution in [0.5, 0.6) is 5.88 Å². The third-order valence-electron chi connectivity index (χ3n) is 2.47. The van der Waals surface area contributed by atoms with Gasteiger partial charge in [-0.05, 0) is 18.5 Å². The summed E-state index contributed by atoms with van der Waals surface area (Å²) in [6.45, 7) is 0.625. The van der Waals surface area contributed by atoms with Crippen molar-refractivity contribution >= 4 is 0 Å². The summed E-state index contributed by atoms with van der Waals surface area (Å²) in [5, 5.41) is 3.92. The highest BCUT2D eigenvalue weighted by Crippen LogP contribution is 2.10. The number of nitrogens with zero attached hydrogens (tertiary/aromatic N) is 3. The molecule has 0 bridgehead atoms. The summed E-state index contributed by atoms with van der Waals surface area (Å²) in [6, 6.07) is 3.74. The minimum atomic E-state index is 0.593. The van der Waals surface area contributed by atoms with Gasteiger partial charge in [-0.15, -0.1) is 0 Å². The maximum Gasteiger partial charge on any atom is 0.226 e. The lowest BCUT2D eigenvalue weighted by Crippen LogP contribution is -2.00. The predicted molar refractivity (Wildman–Crippen MR) is 65.3 cm³/mol. The molecule has 2 heterocycles. The van der Waals surface area contributed by atoms with E-state index >= 15 is 0 Å². The predicted octanol–water partition coefficient (Wildman–Crippen LogP) is 0.955. The van der Waals surface area contributed by atoms with Crippen molar-refractivity contribution in [3.05, 3.63) is 35.6 Å². The summed E-state index contributed by atoms with van der Waals surface area (Å²) in [4.78, 5) is 8.42. The largest absolute Gasteiger partial charge is 0.481 e. The minimum absolute atomic E-state index is 0.593. The molecule has 96 valence electrons. The van der Waals surface area contributed by atoms with Crippen molar-refractivity contribution in [1.82, 2.24) is 15.1 Å². The molecule has 2 rings (SSSR count). The molecular formula is C12H16N4O2. The summed E-state index contributed by atoms with van der Waals surface area (Å²) in [5.41, 5.74) is 6.44. The van der Waals surface area contributed by atoms with E-state index in [4.69, 9.17) is 15.0 Å². The Labute approximate surface area is 105 Å². The van der Waals surface area contributed by atoms with Gasteiger partial charge in [-0.1, -0.05) is 11.2 Å². The van der Waals surface area contributed by atoms with E-state index in [2.05, 4.69) is 15.1 Å². The highest BCUT2D eigenvalue weighted by molar-refractivity contribution is 5.20. The van der Waals surface area contributed by atoms with E-state index in [0.717, 1.165) is 18.4 Å². The van der Waals surface area contributed by atoms with Crippen molar-refractivity contribution in [2.75, 3.05) is 13.7 Å². The SMILES string of the molecule is COc1ccc(Cc2noc(CCCN)n2)cn1. The van der Waals surface area contributed by atoms with Gasteiger partial charge < -0.3 is 15.0 Å². The molecule has 0 unspecified atom stereocenters. The van der Waals surface area contributed by atoms with Gasteiger partial charge in [-0.3, -0.25) is 0 Å². The summed E-state index contributed by atoms with van der Waals surface area (Å²) in [7, 11) is 1.59. The van der Waals surface area contributed by atoms with Crippen molar-refractivity contribution in [3.8, 4) is 5.88 Å². The first-order valence-electron chi connectivity index (χ1n) is 5.82. The fourth-order valence-electron chi connectivity index (χ4n) is 1.54. The van der Waals surface area contributed by atoms with Crippen molar-refractivity contribution in [2.45, 2.75) is 19.3 Å². The van der Waals surface area contributed by atoms with Gasteiger partial charge in [0, 0.05) is 25.1 Å². The molecule has 0 aliphatic heterocycles. The summed E-state index contributed by atoms with van der Waals surface area (Å²) >= 11 is 0. The third kappa shape index (κ3) is 3.27. The van der Waals surface area contributed by atoms with Gasteiger partial charge in [0.05, 0.1) is 7.11 Å². The van der Waals surface area contributed by atoms with Crippen LogP contribution in [0.25, 0.3) is 0 Å². The first-order chi connectivity index (χ1) is 8.81. The molecule has 2 aromatic rings. The second-order valence-electron chi connectivity index (χ2n) is 3.88. The van der Waals surface area contributed by atoms with Crippen LogP contribution in [-0.2, 0) is 12.8 Å². The molecule has 0 aliphatic carbocycles. The lowest BCUT2D eigenvalue weighted by atomic mass is 10.2. The Bertz CT molecular complexity index is 481. The maximum atomic E-state index is 5.42. The maximum absolute atomic E-state index is 5.42. The highest BCUT2D eigenvalue weighted by atomic mass is 16.5. The van der Waals surface area contributed by atoms with E-state index in [1.54, 1.807) is 13.3 Å². The van der Waals surface area contributed by atoms with Crippen LogP contribution in [0.2, 0.25) is 0 Å². The van der Waals surface area contributed by atoms with Crippen LogP contribution in [0.3, 0.4) is 0 Å². The number of pyridine rings is 1. The number of aromatic nitrogens is 3. The second kappa shape index (κ2) is 6.11. The van der Waals surface area contributed by atoms with Crippen molar-refractivity contribution in [1.29, 1.82) is 0 Å². The van der Waals surface area contributed by atoms with Crippen molar-refractivity contribution < 1.29 is 9.26 Å². The van der Waals surface area contributed by atoms with Crippen molar-refractivity contribution in [3.63, 3.8) is 0 Å². The molecule has 0 atom stereocenters. The average Bonchev–Trinajstić information content (AvgIpc) is 2.85. The molecule has 18 heavy (non-hydrogen) atoms. The van der Waals surface area contributed by atoms with Gasteiger partial charge in [0.1, 0.15) is 0 Å². The van der Waals surface area contributed by atoms with Crippen LogP contribution in [0.15, 0.2) is 22.9 Å². The van der Waals surface area contributed by atoms with Crippen LogP contribution in [0.1, 0.15) is 23.7 Å². The smallest absolute Gasteiger partial charge is 0.226 e. The van der Waals surface area contributed by atoms with E-state index in [1.165, 1.54) is 0 Å². The van der Waals surface area contributed by atoms with Gasteiger partial charge in [-0.2, -0.15) is 4.98 Å². The zero-order valence-electron chi connectivity index (χ0n) is 10.3. The second-order valence-corrected chi connectivity index (χ2v) is 3.88. The van der Waals surface area contributed by atoms with E-state index in [-0.39, 0.29) is 0 Å². The summed E-state index contributed by atoms with van der Waals surface area (Å²) < 4.78 is 10.1. The highest BCUT2D eigenvalue weighted by Gasteiger charge is 2.07. The van der Waals surface area contributed by atoms with Crippen LogP contribution >= 0.6 is 0 Å². The molecule has 0 fully saturated rings. The Balaban J connectivity index is 1.97. The molecule has 0 amide bonds. The molecule has 0 saturated heterocycles. The molecule has 0 aliphatic rings. The zero-order chi connectivity index (χ0) is 12.8. The third-order valence-corrected chi connectivity index (χ3v) is 2.47. The van der Waals surface area contributed by atoms with Gasteiger partial charge in [0.15, 0.2) is 5.82 Å². The number of hydrogen-bond donors (Lipinski definition) is 1. The molecule has 6 nitrogen and oxygen atoms in total. The van der Waals surface area contributed by atoms with Gasteiger partial charge >= 0.3 is 0 Å². The Morgan fingerprint density at radius 2 is 2.28 bits per heavy atom. The molecular weight excluding hydrogens is 232 g/mol. The lowest BCUT2D eigenvalue weighted by molar-refractivity contribution is 0.371. The molecule has 6 heteroatoms. The minimum Gasteiger partial charge on any atom is -0.481 e. The van der Waals surface area contributed by atoms with Crippen LogP contribution in [0.4, 0.5) is 0 Å². The first-order valence-corrected chi connectivity index (χ1v) is 5.82. The first kappa shape index (κ1) is 12.5. The fraction of sp³-hybridized carbons (Fsp3) is 0.417. The molecule has 0 aromatic carbocycles. The number of ether oxygens (including phenoxy) is 1. The fourth-order valence-corrected chi connectivity index (χ4v) is 1.54. The Hall–Kier alpha value is -1.95. The van der Waals surface area contributed by atoms with Crippen LogP contribution in [0, 0.1) is 0 Å². The van der Waals surface area contributed by atoms with Gasteiger partial charge in [-0.25, -0.2) is 4.98 Å². The number of aryl methyl sites for hydroxylation is 1. The van der Waals surface area contributed by atoms with E-state index in [0.29, 0.717) is 30.6 Å². The van der Waals surface area contributed by atoms with E-state index < -0.39 is 0 Å². The number of nitrogens with two attached hydrogens (primary N) is 1. The quantitative estimate of drug-likeness (QED) is 0.819. The summed E-state index contributed by atoms with van der Waals surface area (Å²) in [5.74, 6) is 1.89. The zero-order valence-corrected chi connectivity index (χ0v) is 10.3. The normalized spacial score (nSPS) is 10.6. The monoisotopic (exact) mass is 248 g/mol. The Kier molecular flexibility index (Phi) is 4.25. The Morgan fingerprint density at radius 1 is 1.39 bits per heavy atom. The van der Waals surface area contributed by atoms with Crippen LogP contribution < -0.4 is 10.5 Å². The summed E-state index contributed by atoms with van der Waals surface area (Å²) in [6.07, 6.45) is 3.92. The topological polar surface area (TPSA) is 87.1 Å². The van der Waals surface area contributed by atoms with E-state index in [1.807, 2.05) is 12.1 Å². The average molecular weight is 248 g/mol. The van der Waals surface area contributed by atoms with Gasteiger partial charge in [0.25, 0.3) is 0 Å². The number of hydrogen-bond acceptors (Lipinski definition) is 6. The number of rotatable bonds is 6. The lowest BCUT2D eigenvalue weighted by Gasteiger charge is -1.99. The van der Waals surface area contributed by atoms with E-state index in [9.17, 15) is 0 Å².